The highest BCUT2D eigenvalue weighted by Crippen LogP contribution is 2.23. The average molecular weight is 317 g/mol. The Morgan fingerprint density at radius 3 is 2.50 bits per heavy atom. The molecule has 0 radical (unpaired) electrons. The number of para-hydroxylation sites is 1. The molecule has 4 heteroatoms. The van der Waals surface area contributed by atoms with Crippen molar-refractivity contribution in [1.29, 1.82) is 0 Å². The van der Waals surface area contributed by atoms with Crippen LogP contribution in [-0.2, 0) is 4.74 Å². The average Bonchev–Trinajstić information content (AvgIpc) is 2.28. The quantitative estimate of drug-likeness (QED) is 0.783. The zero-order valence-electron chi connectivity index (χ0n) is 11.4. The van der Waals surface area contributed by atoms with E-state index in [1.165, 1.54) is 0 Å². The van der Waals surface area contributed by atoms with Crippen LogP contribution in [0, 0.1) is 0 Å². The Hall–Kier alpha value is -0.580. The van der Waals surface area contributed by atoms with Gasteiger partial charge in [-0.3, -0.25) is 0 Å². The van der Waals surface area contributed by atoms with Crippen molar-refractivity contribution in [2.24, 2.45) is 0 Å². The van der Waals surface area contributed by atoms with E-state index in [0.717, 1.165) is 23.4 Å². The van der Waals surface area contributed by atoms with Crippen molar-refractivity contribution in [2.45, 2.75) is 26.3 Å². The van der Waals surface area contributed by atoms with E-state index in [4.69, 9.17) is 9.47 Å². The summed E-state index contributed by atoms with van der Waals surface area (Å²) >= 11 is 3.44. The second kappa shape index (κ2) is 7.77. The summed E-state index contributed by atoms with van der Waals surface area (Å²) in [6, 6.07) is 7.83. The van der Waals surface area contributed by atoms with E-state index in [1.54, 1.807) is 0 Å². The smallest absolute Gasteiger partial charge is 0.133 e. The molecule has 0 aliphatic carbocycles. The molecule has 0 aliphatic heterocycles. The number of hydrogen-bond acceptors (Lipinski definition) is 2. The van der Waals surface area contributed by atoms with Crippen molar-refractivity contribution in [3.05, 3.63) is 28.7 Å². The van der Waals surface area contributed by atoms with Crippen LogP contribution >= 0.6 is 15.9 Å². The number of hydrogen-bond donors (Lipinski definition) is 1. The van der Waals surface area contributed by atoms with E-state index in [2.05, 4.69) is 42.0 Å². The van der Waals surface area contributed by atoms with Crippen LogP contribution < -0.4 is 10.1 Å². The van der Waals surface area contributed by atoms with E-state index < -0.39 is 0 Å². The van der Waals surface area contributed by atoms with E-state index in [0.29, 0.717) is 13.2 Å². The summed E-state index contributed by atoms with van der Waals surface area (Å²) in [4.78, 5) is 0. The fourth-order valence-electron chi connectivity index (χ4n) is 1.45. The first-order valence-electron chi connectivity index (χ1n) is 6.28. The Morgan fingerprint density at radius 2 is 1.83 bits per heavy atom. The third kappa shape index (κ3) is 6.99. The predicted octanol–water partition coefficient (Wildman–Crippen LogP) is 2.21. The molecule has 0 saturated heterocycles. The predicted molar refractivity (Wildman–Crippen MR) is 77.0 cm³/mol. The van der Waals surface area contributed by atoms with Gasteiger partial charge < -0.3 is 14.8 Å². The summed E-state index contributed by atoms with van der Waals surface area (Å²) in [6.07, 6.45) is 0. The largest absolute Gasteiger partial charge is 0.490 e. The van der Waals surface area contributed by atoms with Crippen LogP contribution in [0.15, 0.2) is 28.7 Å². The van der Waals surface area contributed by atoms with E-state index >= 15 is 0 Å². The van der Waals surface area contributed by atoms with Gasteiger partial charge in [-0.05, 0) is 48.8 Å². The number of rotatable bonds is 7. The maximum Gasteiger partial charge on any atom is 0.133 e. The molecule has 0 aliphatic rings. The SMILES string of the molecule is CC(C)(C)[NH2+]CCOCCOc1ccccc1Br. The standard InChI is InChI=1S/C14H22BrNO2/c1-14(2,3)16-8-9-17-10-11-18-13-7-5-4-6-12(13)15/h4-7,16H,8-11H2,1-3H3/p+1. The molecule has 2 N–H and O–H groups in total. The fraction of sp³-hybridized carbons (Fsp3) is 0.571. The molecular formula is C14H23BrNO2+. The van der Waals surface area contributed by atoms with Gasteiger partial charge in [0.1, 0.15) is 12.4 Å². The minimum Gasteiger partial charge on any atom is -0.490 e. The fourth-order valence-corrected chi connectivity index (χ4v) is 1.85. The first-order valence-corrected chi connectivity index (χ1v) is 7.08. The van der Waals surface area contributed by atoms with Gasteiger partial charge in [0.15, 0.2) is 0 Å². The van der Waals surface area contributed by atoms with Crippen LogP contribution in [0.2, 0.25) is 0 Å². The lowest BCUT2D eigenvalue weighted by Gasteiger charge is -2.16. The Kier molecular flexibility index (Phi) is 6.68. The number of quaternary nitrogens is 1. The van der Waals surface area contributed by atoms with E-state index in [-0.39, 0.29) is 5.54 Å². The van der Waals surface area contributed by atoms with Gasteiger partial charge in [0, 0.05) is 0 Å². The molecule has 0 heterocycles. The molecule has 0 unspecified atom stereocenters. The van der Waals surface area contributed by atoms with Crippen LogP contribution in [0.5, 0.6) is 5.75 Å². The Bertz CT molecular complexity index is 350. The highest BCUT2D eigenvalue weighted by molar-refractivity contribution is 9.10. The molecule has 1 aromatic rings. The minimum atomic E-state index is 0.273. The first kappa shape index (κ1) is 15.5. The molecule has 0 aromatic heterocycles. The second-order valence-electron chi connectivity index (χ2n) is 5.25. The lowest BCUT2D eigenvalue weighted by molar-refractivity contribution is -0.718. The number of nitrogens with two attached hydrogens (primary N) is 1. The van der Waals surface area contributed by atoms with Gasteiger partial charge in [0.05, 0.1) is 29.8 Å². The van der Waals surface area contributed by atoms with Gasteiger partial charge in [-0.1, -0.05) is 12.1 Å². The molecule has 1 aromatic carbocycles. The molecule has 0 fully saturated rings. The summed E-state index contributed by atoms with van der Waals surface area (Å²) in [5.74, 6) is 0.863. The van der Waals surface area contributed by atoms with Crippen molar-refractivity contribution in [2.75, 3.05) is 26.4 Å². The molecule has 18 heavy (non-hydrogen) atoms. The van der Waals surface area contributed by atoms with E-state index in [9.17, 15) is 0 Å². The van der Waals surface area contributed by atoms with Crippen molar-refractivity contribution >= 4 is 15.9 Å². The minimum absolute atomic E-state index is 0.273. The number of ether oxygens (including phenoxy) is 2. The van der Waals surface area contributed by atoms with Crippen molar-refractivity contribution < 1.29 is 14.8 Å². The van der Waals surface area contributed by atoms with Crippen molar-refractivity contribution in [1.82, 2.24) is 0 Å². The van der Waals surface area contributed by atoms with Gasteiger partial charge in [-0.15, -0.1) is 0 Å². The molecular weight excluding hydrogens is 294 g/mol. The monoisotopic (exact) mass is 316 g/mol. The molecule has 0 amide bonds. The highest BCUT2D eigenvalue weighted by Gasteiger charge is 2.11. The number of benzene rings is 1. The maximum absolute atomic E-state index is 5.60. The number of halogens is 1. The normalized spacial score (nSPS) is 11.6. The van der Waals surface area contributed by atoms with Gasteiger partial charge in [-0.2, -0.15) is 0 Å². The first-order chi connectivity index (χ1) is 8.49. The van der Waals surface area contributed by atoms with Gasteiger partial charge in [-0.25, -0.2) is 0 Å². The molecule has 0 spiro atoms. The van der Waals surface area contributed by atoms with Crippen LogP contribution in [-0.4, -0.2) is 31.9 Å². The van der Waals surface area contributed by atoms with Gasteiger partial charge >= 0.3 is 0 Å². The molecule has 3 nitrogen and oxygen atoms in total. The Morgan fingerprint density at radius 1 is 1.11 bits per heavy atom. The van der Waals surface area contributed by atoms with Gasteiger partial charge in [0.2, 0.25) is 0 Å². The topological polar surface area (TPSA) is 35.1 Å². The second-order valence-corrected chi connectivity index (χ2v) is 6.10. The molecule has 0 saturated carbocycles. The third-order valence-electron chi connectivity index (χ3n) is 2.34. The van der Waals surface area contributed by atoms with Crippen LogP contribution in [0.25, 0.3) is 0 Å². The summed E-state index contributed by atoms with van der Waals surface area (Å²) in [5.41, 5.74) is 0.273. The van der Waals surface area contributed by atoms with Crippen molar-refractivity contribution in [3.63, 3.8) is 0 Å². The molecule has 0 bridgehead atoms. The van der Waals surface area contributed by atoms with Gasteiger partial charge in [0.25, 0.3) is 0 Å². The molecule has 102 valence electrons. The summed E-state index contributed by atoms with van der Waals surface area (Å²) in [6.45, 7) is 9.54. The van der Waals surface area contributed by atoms with E-state index in [1.807, 2.05) is 24.3 Å². The zero-order valence-corrected chi connectivity index (χ0v) is 13.0. The lowest BCUT2D eigenvalue weighted by Crippen LogP contribution is -2.95. The summed E-state index contributed by atoms with van der Waals surface area (Å²) in [7, 11) is 0. The zero-order chi connectivity index (χ0) is 13.4. The third-order valence-corrected chi connectivity index (χ3v) is 3.00. The Balaban J connectivity index is 2.04. The molecule has 1 rings (SSSR count). The Labute approximate surface area is 118 Å². The summed E-state index contributed by atoms with van der Waals surface area (Å²) in [5, 5.41) is 2.28. The highest BCUT2D eigenvalue weighted by atomic mass is 79.9. The van der Waals surface area contributed by atoms with Crippen LogP contribution in [0.1, 0.15) is 20.8 Å². The lowest BCUT2D eigenvalue weighted by atomic mass is 10.1. The van der Waals surface area contributed by atoms with Crippen molar-refractivity contribution in [3.8, 4) is 5.75 Å². The van der Waals surface area contributed by atoms with Crippen LogP contribution in [0.3, 0.4) is 0 Å². The maximum atomic E-state index is 5.60. The van der Waals surface area contributed by atoms with Crippen LogP contribution in [0.4, 0.5) is 0 Å². The molecule has 0 atom stereocenters. The summed E-state index contributed by atoms with van der Waals surface area (Å²) < 4.78 is 12.1.